The molecule has 4 nitrogen and oxygen atoms in total. The Kier molecular flexibility index (Phi) is 6.65. The van der Waals surface area contributed by atoms with Gasteiger partial charge >= 0.3 is 0 Å². The Bertz CT molecular complexity index is 254. The summed E-state index contributed by atoms with van der Waals surface area (Å²) in [5.41, 5.74) is 4.96. The van der Waals surface area contributed by atoms with E-state index < -0.39 is 5.54 Å². The van der Waals surface area contributed by atoms with Crippen LogP contribution in [-0.2, 0) is 9.53 Å². The molecule has 1 rings (SSSR count). The lowest BCUT2D eigenvalue weighted by molar-refractivity contribution is -0.124. The lowest BCUT2D eigenvalue weighted by Gasteiger charge is -2.27. The number of carbonyl (C=O) groups is 1. The van der Waals surface area contributed by atoms with Gasteiger partial charge in [0.15, 0.2) is 0 Å². The van der Waals surface area contributed by atoms with E-state index >= 15 is 0 Å². The first-order valence-electron chi connectivity index (χ1n) is 7.24. The second-order valence-electron chi connectivity index (χ2n) is 5.54. The number of primary amides is 1. The molecule has 0 saturated heterocycles. The van der Waals surface area contributed by atoms with E-state index in [2.05, 4.69) is 12.2 Å². The molecule has 3 N–H and O–H groups in total. The summed E-state index contributed by atoms with van der Waals surface area (Å²) in [5.74, 6) is -0.235. The zero-order chi connectivity index (χ0) is 13.4. The van der Waals surface area contributed by atoms with Crippen molar-refractivity contribution in [1.29, 1.82) is 0 Å². The van der Waals surface area contributed by atoms with Gasteiger partial charge in [-0.25, -0.2) is 0 Å². The molecular weight excluding hydrogens is 228 g/mol. The summed E-state index contributed by atoms with van der Waals surface area (Å²) in [4.78, 5) is 11.5. The normalized spacial score (nSPS) is 18.6. The summed E-state index contributed by atoms with van der Waals surface area (Å²) in [5, 5.41) is 3.36. The minimum atomic E-state index is -0.537. The fourth-order valence-electron chi connectivity index (χ4n) is 1.98. The van der Waals surface area contributed by atoms with Crippen molar-refractivity contribution >= 4 is 5.91 Å². The van der Waals surface area contributed by atoms with Crippen LogP contribution in [-0.4, -0.2) is 30.7 Å². The number of hydrogen-bond acceptors (Lipinski definition) is 3. The Morgan fingerprint density at radius 2 is 2.00 bits per heavy atom. The van der Waals surface area contributed by atoms with E-state index in [9.17, 15) is 4.79 Å². The second-order valence-corrected chi connectivity index (χ2v) is 5.54. The Balaban J connectivity index is 2.11. The molecule has 1 saturated carbocycles. The molecule has 18 heavy (non-hydrogen) atoms. The maximum Gasteiger partial charge on any atom is 0.237 e. The van der Waals surface area contributed by atoms with Crippen LogP contribution in [0.1, 0.15) is 58.8 Å². The van der Waals surface area contributed by atoms with Crippen LogP contribution in [0.2, 0.25) is 0 Å². The fourth-order valence-corrected chi connectivity index (χ4v) is 1.98. The average Bonchev–Trinajstić information content (AvgIpc) is 3.11. The molecular formula is C14H28N2O2. The van der Waals surface area contributed by atoms with Gasteiger partial charge < -0.3 is 15.8 Å². The number of unbranched alkanes of at least 4 members (excludes halogenated alkanes) is 2. The molecule has 0 bridgehead atoms. The van der Waals surface area contributed by atoms with Gasteiger partial charge in [-0.15, -0.1) is 0 Å². The predicted molar refractivity (Wildman–Crippen MR) is 73.3 cm³/mol. The van der Waals surface area contributed by atoms with Crippen LogP contribution >= 0.6 is 0 Å². The Morgan fingerprint density at radius 3 is 2.56 bits per heavy atom. The van der Waals surface area contributed by atoms with Crippen molar-refractivity contribution in [3.05, 3.63) is 0 Å². The van der Waals surface area contributed by atoms with Crippen molar-refractivity contribution in [3.8, 4) is 0 Å². The van der Waals surface area contributed by atoms with Crippen molar-refractivity contribution in [2.45, 2.75) is 70.4 Å². The maximum atomic E-state index is 11.5. The van der Waals surface area contributed by atoms with Crippen LogP contribution in [0.5, 0.6) is 0 Å². The quantitative estimate of drug-likeness (QED) is 0.555. The van der Waals surface area contributed by atoms with Crippen LogP contribution in [0.25, 0.3) is 0 Å². The van der Waals surface area contributed by atoms with E-state index in [-0.39, 0.29) is 5.91 Å². The molecule has 1 aliphatic rings. The lowest BCUT2D eigenvalue weighted by Crippen LogP contribution is -2.53. The van der Waals surface area contributed by atoms with E-state index in [1.165, 1.54) is 19.3 Å². The van der Waals surface area contributed by atoms with Crippen LogP contribution in [0, 0.1) is 0 Å². The van der Waals surface area contributed by atoms with Gasteiger partial charge in [0, 0.05) is 19.3 Å². The molecule has 0 aliphatic heterocycles. The standard InChI is InChI=1S/C14H28N2O2/c1-3-4-10-18-11-6-5-9-14(2,13(15)17)16-12-7-8-12/h12,16H,3-11H2,1-2H3,(H2,15,17). The highest BCUT2D eigenvalue weighted by molar-refractivity contribution is 5.84. The summed E-state index contributed by atoms with van der Waals surface area (Å²) in [6.45, 7) is 5.72. The number of amides is 1. The number of hydrogen-bond donors (Lipinski definition) is 2. The highest BCUT2D eigenvalue weighted by Crippen LogP contribution is 2.25. The van der Waals surface area contributed by atoms with Crippen molar-refractivity contribution in [1.82, 2.24) is 5.32 Å². The van der Waals surface area contributed by atoms with Gasteiger partial charge in [-0.2, -0.15) is 0 Å². The SMILES string of the molecule is CCCCOCCCCC(C)(NC1CC1)C(N)=O. The van der Waals surface area contributed by atoms with Crippen molar-refractivity contribution in [3.63, 3.8) is 0 Å². The van der Waals surface area contributed by atoms with E-state index in [4.69, 9.17) is 10.5 Å². The third-order valence-corrected chi connectivity index (χ3v) is 3.50. The molecule has 0 aromatic heterocycles. The van der Waals surface area contributed by atoms with Crippen molar-refractivity contribution in [2.75, 3.05) is 13.2 Å². The topological polar surface area (TPSA) is 64.3 Å². The first-order valence-corrected chi connectivity index (χ1v) is 7.24. The number of nitrogens with one attached hydrogen (secondary N) is 1. The van der Waals surface area contributed by atoms with Gasteiger partial charge in [0.1, 0.15) is 0 Å². The summed E-state index contributed by atoms with van der Waals surface area (Å²) in [6.07, 6.45) is 7.42. The summed E-state index contributed by atoms with van der Waals surface area (Å²) in [6, 6.07) is 0.503. The first-order chi connectivity index (χ1) is 8.58. The van der Waals surface area contributed by atoms with Crippen LogP contribution < -0.4 is 11.1 Å². The molecule has 0 heterocycles. The number of ether oxygens (including phenoxy) is 1. The zero-order valence-electron chi connectivity index (χ0n) is 11.8. The summed E-state index contributed by atoms with van der Waals surface area (Å²) in [7, 11) is 0. The molecule has 0 spiro atoms. The molecule has 1 unspecified atom stereocenters. The number of rotatable bonds is 11. The Morgan fingerprint density at radius 1 is 1.33 bits per heavy atom. The minimum absolute atomic E-state index is 0.235. The fraction of sp³-hybridized carbons (Fsp3) is 0.929. The highest BCUT2D eigenvalue weighted by atomic mass is 16.5. The van der Waals surface area contributed by atoms with E-state index in [0.717, 1.165) is 38.9 Å². The van der Waals surface area contributed by atoms with Gasteiger partial charge in [-0.05, 0) is 45.4 Å². The van der Waals surface area contributed by atoms with Gasteiger partial charge in [0.2, 0.25) is 5.91 Å². The first kappa shape index (κ1) is 15.4. The molecule has 4 heteroatoms. The zero-order valence-corrected chi connectivity index (χ0v) is 11.8. The predicted octanol–water partition coefficient (Wildman–Crippen LogP) is 1.97. The molecule has 0 aromatic carbocycles. The van der Waals surface area contributed by atoms with Gasteiger partial charge in [0.25, 0.3) is 0 Å². The maximum absolute atomic E-state index is 11.5. The average molecular weight is 256 g/mol. The molecule has 0 radical (unpaired) electrons. The Hall–Kier alpha value is -0.610. The highest BCUT2D eigenvalue weighted by Gasteiger charge is 2.36. The summed E-state index contributed by atoms with van der Waals surface area (Å²) < 4.78 is 5.51. The van der Waals surface area contributed by atoms with E-state index in [0.29, 0.717) is 6.04 Å². The van der Waals surface area contributed by atoms with Crippen molar-refractivity contribution in [2.24, 2.45) is 5.73 Å². The number of carbonyl (C=O) groups excluding carboxylic acids is 1. The molecule has 1 aliphatic carbocycles. The second kappa shape index (κ2) is 7.74. The number of nitrogens with two attached hydrogens (primary N) is 1. The van der Waals surface area contributed by atoms with Crippen molar-refractivity contribution < 1.29 is 9.53 Å². The lowest BCUT2D eigenvalue weighted by atomic mass is 9.94. The molecule has 1 fully saturated rings. The third kappa shape index (κ3) is 5.83. The van der Waals surface area contributed by atoms with Gasteiger partial charge in [-0.3, -0.25) is 4.79 Å². The minimum Gasteiger partial charge on any atom is -0.381 e. The van der Waals surface area contributed by atoms with Gasteiger partial charge in [-0.1, -0.05) is 13.3 Å². The molecule has 1 amide bonds. The molecule has 1 atom stereocenters. The largest absolute Gasteiger partial charge is 0.381 e. The summed E-state index contributed by atoms with van der Waals surface area (Å²) >= 11 is 0. The Labute approximate surface area is 111 Å². The van der Waals surface area contributed by atoms with E-state index in [1.807, 2.05) is 6.92 Å². The van der Waals surface area contributed by atoms with Crippen LogP contribution in [0.15, 0.2) is 0 Å². The molecule has 106 valence electrons. The molecule has 0 aromatic rings. The van der Waals surface area contributed by atoms with E-state index in [1.54, 1.807) is 0 Å². The smallest absolute Gasteiger partial charge is 0.237 e. The van der Waals surface area contributed by atoms with Crippen LogP contribution in [0.3, 0.4) is 0 Å². The third-order valence-electron chi connectivity index (χ3n) is 3.50. The van der Waals surface area contributed by atoms with Crippen LogP contribution in [0.4, 0.5) is 0 Å². The monoisotopic (exact) mass is 256 g/mol. The van der Waals surface area contributed by atoms with Gasteiger partial charge in [0.05, 0.1) is 5.54 Å².